The summed E-state index contributed by atoms with van der Waals surface area (Å²) < 4.78 is 29.8. The van der Waals surface area contributed by atoms with Crippen LogP contribution in [-0.4, -0.2) is 61.5 Å². The van der Waals surface area contributed by atoms with Crippen molar-refractivity contribution in [2.45, 2.75) is 17.4 Å². The molecule has 1 unspecified atom stereocenters. The number of hydrogen-bond donors (Lipinski definition) is 2. The zero-order valence-electron chi connectivity index (χ0n) is 20.2. The standard InChI is InChI=1S/C28H28N4O4S/c33-24-11-9-21(10-12-24)19-26(28(34)32-17-15-31(16-18-32)23-6-2-1-3-7-23)30-37(35,36)27-8-4-5-22-20-29-14-13-25(22)27/h1-14,20,26,30,33H,15-19H2. The molecule has 1 amide bonds. The third-order valence-electron chi connectivity index (χ3n) is 6.61. The molecule has 1 aliphatic rings. The number of phenols is 1. The van der Waals surface area contributed by atoms with Gasteiger partial charge in [0.25, 0.3) is 0 Å². The molecule has 1 aliphatic heterocycles. The van der Waals surface area contributed by atoms with E-state index in [9.17, 15) is 18.3 Å². The molecular weight excluding hydrogens is 488 g/mol. The SMILES string of the molecule is O=C(C(Cc1ccc(O)cc1)NS(=O)(=O)c1cccc2cnccc12)N1CCN(c2ccccc2)CC1. The molecule has 37 heavy (non-hydrogen) atoms. The number of rotatable bonds is 7. The molecule has 8 nitrogen and oxygen atoms in total. The smallest absolute Gasteiger partial charge is 0.241 e. The summed E-state index contributed by atoms with van der Waals surface area (Å²) in [6.07, 6.45) is 3.32. The number of pyridine rings is 1. The Morgan fingerprint density at radius 2 is 1.65 bits per heavy atom. The number of carbonyl (C=O) groups is 1. The van der Waals surface area contributed by atoms with Gasteiger partial charge in [-0.2, -0.15) is 4.72 Å². The van der Waals surface area contributed by atoms with Gasteiger partial charge >= 0.3 is 0 Å². The monoisotopic (exact) mass is 516 g/mol. The minimum Gasteiger partial charge on any atom is -0.508 e. The lowest BCUT2D eigenvalue weighted by molar-refractivity contribution is -0.133. The van der Waals surface area contributed by atoms with Crippen LogP contribution in [0.25, 0.3) is 10.8 Å². The normalized spacial score (nSPS) is 15.0. The average Bonchev–Trinajstić information content (AvgIpc) is 2.93. The van der Waals surface area contributed by atoms with E-state index >= 15 is 0 Å². The maximum atomic E-state index is 13.7. The van der Waals surface area contributed by atoms with Crippen molar-refractivity contribution in [3.05, 3.63) is 96.8 Å². The number of amides is 1. The number of piperazine rings is 1. The molecule has 4 aromatic rings. The fourth-order valence-electron chi connectivity index (χ4n) is 4.67. The van der Waals surface area contributed by atoms with Gasteiger partial charge in [-0.15, -0.1) is 0 Å². The van der Waals surface area contributed by atoms with Crippen LogP contribution in [0.4, 0.5) is 5.69 Å². The second-order valence-corrected chi connectivity index (χ2v) is 10.7. The lowest BCUT2D eigenvalue weighted by Gasteiger charge is -2.37. The topological polar surface area (TPSA) is 103 Å². The molecule has 5 rings (SSSR count). The molecule has 9 heteroatoms. The van der Waals surface area contributed by atoms with Crippen molar-refractivity contribution in [1.29, 1.82) is 0 Å². The van der Waals surface area contributed by atoms with Crippen LogP contribution in [0.5, 0.6) is 5.75 Å². The second-order valence-electron chi connectivity index (χ2n) is 9.05. The highest BCUT2D eigenvalue weighted by atomic mass is 32.2. The summed E-state index contributed by atoms with van der Waals surface area (Å²) in [5.41, 5.74) is 1.84. The predicted molar refractivity (Wildman–Crippen MR) is 143 cm³/mol. The van der Waals surface area contributed by atoms with Gasteiger partial charge in [0.2, 0.25) is 15.9 Å². The third-order valence-corrected chi connectivity index (χ3v) is 8.14. The fraction of sp³-hybridized carbons (Fsp3) is 0.214. The molecule has 2 heterocycles. The lowest BCUT2D eigenvalue weighted by Crippen LogP contribution is -2.55. The van der Waals surface area contributed by atoms with Crippen LogP contribution in [0.1, 0.15) is 5.56 Å². The van der Waals surface area contributed by atoms with Crippen molar-refractivity contribution in [1.82, 2.24) is 14.6 Å². The Labute approximate surface area is 216 Å². The summed E-state index contributed by atoms with van der Waals surface area (Å²) in [6.45, 7) is 2.29. The highest BCUT2D eigenvalue weighted by molar-refractivity contribution is 7.89. The number of para-hydroxylation sites is 1. The van der Waals surface area contributed by atoms with Crippen LogP contribution in [0, 0.1) is 0 Å². The summed E-state index contributed by atoms with van der Waals surface area (Å²) in [5, 5.41) is 10.9. The van der Waals surface area contributed by atoms with E-state index < -0.39 is 16.1 Å². The minimum atomic E-state index is -4.04. The number of sulfonamides is 1. The highest BCUT2D eigenvalue weighted by Crippen LogP contribution is 2.23. The molecule has 0 spiro atoms. The molecule has 1 fully saturated rings. The van der Waals surface area contributed by atoms with Gasteiger partial charge in [-0.05, 0) is 48.4 Å². The summed E-state index contributed by atoms with van der Waals surface area (Å²) >= 11 is 0. The number of anilines is 1. The first-order valence-corrected chi connectivity index (χ1v) is 13.6. The van der Waals surface area contributed by atoms with Crippen molar-refractivity contribution in [2.75, 3.05) is 31.1 Å². The third kappa shape index (κ3) is 5.58. The molecular formula is C28H28N4O4S. The molecule has 1 aromatic heterocycles. The first-order chi connectivity index (χ1) is 17.9. The Bertz CT molecular complexity index is 1480. The zero-order valence-corrected chi connectivity index (χ0v) is 21.0. The Morgan fingerprint density at radius 1 is 0.919 bits per heavy atom. The second kappa shape index (κ2) is 10.6. The summed E-state index contributed by atoms with van der Waals surface area (Å²) in [5.74, 6) is -0.167. The van der Waals surface area contributed by atoms with Crippen molar-refractivity contribution in [3.8, 4) is 5.75 Å². The Balaban J connectivity index is 1.39. The number of nitrogens with zero attached hydrogens (tertiary/aromatic N) is 3. The van der Waals surface area contributed by atoms with Crippen molar-refractivity contribution >= 4 is 32.4 Å². The molecule has 1 atom stereocenters. The maximum absolute atomic E-state index is 13.7. The van der Waals surface area contributed by atoms with Crippen LogP contribution in [0.15, 0.2) is 96.2 Å². The first kappa shape index (κ1) is 24.7. The summed E-state index contributed by atoms with van der Waals surface area (Å²) in [6, 6.07) is 22.1. The van der Waals surface area contributed by atoms with Gasteiger partial charge in [0.1, 0.15) is 11.8 Å². The molecule has 0 saturated carbocycles. The lowest BCUT2D eigenvalue weighted by atomic mass is 10.0. The Morgan fingerprint density at radius 3 is 2.38 bits per heavy atom. The predicted octanol–water partition coefficient (Wildman–Crippen LogP) is 3.18. The summed E-state index contributed by atoms with van der Waals surface area (Å²) in [4.78, 5) is 21.8. The van der Waals surface area contributed by atoms with E-state index in [-0.39, 0.29) is 23.0 Å². The van der Waals surface area contributed by atoms with E-state index in [1.165, 1.54) is 18.2 Å². The van der Waals surface area contributed by atoms with Gasteiger partial charge in [-0.1, -0.05) is 42.5 Å². The van der Waals surface area contributed by atoms with Gasteiger partial charge in [0.05, 0.1) is 4.90 Å². The highest BCUT2D eigenvalue weighted by Gasteiger charge is 2.32. The number of benzene rings is 3. The van der Waals surface area contributed by atoms with E-state index in [0.29, 0.717) is 37.0 Å². The number of nitrogens with one attached hydrogen (secondary N) is 1. The van der Waals surface area contributed by atoms with Gasteiger partial charge in [0, 0.05) is 55.0 Å². The van der Waals surface area contributed by atoms with Crippen molar-refractivity contribution in [2.24, 2.45) is 0 Å². The van der Waals surface area contributed by atoms with Crippen molar-refractivity contribution < 1.29 is 18.3 Å². The maximum Gasteiger partial charge on any atom is 0.241 e. The fourth-order valence-corrected chi connectivity index (χ4v) is 6.09. The van der Waals surface area contributed by atoms with Crippen molar-refractivity contribution in [3.63, 3.8) is 0 Å². The number of phenolic OH excluding ortho intramolecular Hbond substituents is 1. The van der Waals surface area contributed by atoms with Gasteiger partial charge in [-0.3, -0.25) is 9.78 Å². The van der Waals surface area contributed by atoms with Gasteiger partial charge < -0.3 is 14.9 Å². The van der Waals surface area contributed by atoms with Crippen LogP contribution in [-0.2, 0) is 21.2 Å². The minimum absolute atomic E-state index is 0.102. The number of aromatic nitrogens is 1. The number of carbonyl (C=O) groups excluding carboxylic acids is 1. The van der Waals surface area contributed by atoms with Gasteiger partial charge in [0.15, 0.2) is 0 Å². The first-order valence-electron chi connectivity index (χ1n) is 12.1. The number of fused-ring (bicyclic) bond motifs is 1. The largest absolute Gasteiger partial charge is 0.508 e. The van der Waals surface area contributed by atoms with E-state index in [0.717, 1.165) is 11.3 Å². The molecule has 0 radical (unpaired) electrons. The number of aromatic hydroxyl groups is 1. The molecule has 1 saturated heterocycles. The number of hydrogen-bond acceptors (Lipinski definition) is 6. The Kier molecular flexibility index (Phi) is 7.07. The van der Waals surface area contributed by atoms with Crippen LogP contribution >= 0.6 is 0 Å². The van der Waals surface area contributed by atoms with E-state index in [2.05, 4.69) is 14.6 Å². The molecule has 190 valence electrons. The van der Waals surface area contributed by atoms with Crippen LogP contribution in [0.2, 0.25) is 0 Å². The van der Waals surface area contributed by atoms with E-state index in [4.69, 9.17) is 0 Å². The van der Waals surface area contributed by atoms with Crippen LogP contribution < -0.4 is 9.62 Å². The van der Waals surface area contributed by atoms with E-state index in [1.54, 1.807) is 47.6 Å². The van der Waals surface area contributed by atoms with Gasteiger partial charge in [-0.25, -0.2) is 8.42 Å². The molecule has 2 N–H and O–H groups in total. The van der Waals surface area contributed by atoms with Crippen LogP contribution in [0.3, 0.4) is 0 Å². The molecule has 0 aliphatic carbocycles. The zero-order chi connectivity index (χ0) is 25.8. The van der Waals surface area contributed by atoms with E-state index in [1.807, 2.05) is 30.3 Å². The summed E-state index contributed by atoms with van der Waals surface area (Å²) in [7, 11) is -4.04. The molecule has 0 bridgehead atoms. The molecule has 3 aromatic carbocycles. The average molecular weight is 517 g/mol. The Hall–Kier alpha value is -3.95. The quantitative estimate of drug-likeness (QED) is 0.391.